The molecule has 1 aromatic carbocycles. The molecule has 5 nitrogen and oxygen atoms in total. The Labute approximate surface area is 191 Å². The van der Waals surface area contributed by atoms with Crippen LogP contribution in [0.2, 0.25) is 0 Å². The average Bonchev–Trinajstić information content (AvgIpc) is 3.45. The number of guanidine groups is 1. The number of benzene rings is 1. The molecule has 156 valence electrons. The third-order valence-corrected chi connectivity index (χ3v) is 5.57. The van der Waals surface area contributed by atoms with Crippen LogP contribution in [-0.2, 0) is 11.3 Å². The molecule has 0 aromatic heterocycles. The van der Waals surface area contributed by atoms with Gasteiger partial charge in [0.2, 0.25) is 5.91 Å². The van der Waals surface area contributed by atoms with Gasteiger partial charge >= 0.3 is 0 Å². The number of halogens is 3. The number of hydrogen-bond acceptors (Lipinski definition) is 2. The Kier molecular flexibility index (Phi) is 9.46. The second-order valence-electron chi connectivity index (χ2n) is 7.42. The van der Waals surface area contributed by atoms with E-state index in [9.17, 15) is 9.18 Å². The molecule has 0 aliphatic heterocycles. The third kappa shape index (κ3) is 7.17. The van der Waals surface area contributed by atoms with Crippen LogP contribution in [0.15, 0.2) is 27.7 Å². The minimum atomic E-state index is -0.265. The summed E-state index contributed by atoms with van der Waals surface area (Å²) in [6.45, 7) is 3.00. The van der Waals surface area contributed by atoms with Crippen LogP contribution < -0.4 is 16.0 Å². The molecular formula is C20H29BrFIN4O. The van der Waals surface area contributed by atoms with E-state index >= 15 is 0 Å². The van der Waals surface area contributed by atoms with Crippen molar-refractivity contribution in [3.63, 3.8) is 0 Å². The molecule has 0 spiro atoms. The topological polar surface area (TPSA) is 65.5 Å². The minimum Gasteiger partial charge on any atom is -0.357 e. The smallest absolute Gasteiger partial charge is 0.223 e. The second kappa shape index (κ2) is 11.3. The number of amides is 1. The molecule has 2 unspecified atom stereocenters. The largest absolute Gasteiger partial charge is 0.357 e. The highest BCUT2D eigenvalue weighted by Gasteiger charge is 2.31. The van der Waals surface area contributed by atoms with E-state index in [1.165, 1.54) is 6.07 Å². The van der Waals surface area contributed by atoms with Crippen LogP contribution in [0.25, 0.3) is 0 Å². The van der Waals surface area contributed by atoms with Crippen molar-refractivity contribution >= 4 is 51.8 Å². The zero-order valence-corrected chi connectivity index (χ0v) is 20.1. The van der Waals surface area contributed by atoms with Crippen LogP contribution in [0.3, 0.4) is 0 Å². The van der Waals surface area contributed by atoms with E-state index < -0.39 is 0 Å². The molecule has 0 saturated heterocycles. The lowest BCUT2D eigenvalue weighted by molar-refractivity contribution is -0.126. The maximum Gasteiger partial charge on any atom is 0.223 e. The van der Waals surface area contributed by atoms with Crippen molar-refractivity contribution in [2.24, 2.45) is 10.9 Å². The van der Waals surface area contributed by atoms with Gasteiger partial charge in [0.1, 0.15) is 5.82 Å². The Morgan fingerprint density at radius 3 is 2.68 bits per heavy atom. The van der Waals surface area contributed by atoms with Crippen LogP contribution in [-0.4, -0.2) is 30.5 Å². The molecule has 28 heavy (non-hydrogen) atoms. The number of aliphatic imine (C=N–C) groups is 1. The summed E-state index contributed by atoms with van der Waals surface area (Å²) in [6, 6.07) is 5.63. The van der Waals surface area contributed by atoms with Gasteiger partial charge in [-0.1, -0.05) is 28.4 Å². The normalized spacial score (nSPS) is 22.2. The predicted octanol–water partition coefficient (Wildman–Crippen LogP) is 4.10. The molecular weight excluding hydrogens is 538 g/mol. The van der Waals surface area contributed by atoms with E-state index in [2.05, 4.69) is 36.9 Å². The highest BCUT2D eigenvalue weighted by molar-refractivity contribution is 14.0. The number of carbonyl (C=O) groups excluding carboxylic acids is 1. The summed E-state index contributed by atoms with van der Waals surface area (Å²) >= 11 is 3.27. The summed E-state index contributed by atoms with van der Waals surface area (Å²) in [5.41, 5.74) is 0.556. The van der Waals surface area contributed by atoms with E-state index in [0.29, 0.717) is 17.6 Å². The summed E-state index contributed by atoms with van der Waals surface area (Å²) in [7, 11) is 0. The van der Waals surface area contributed by atoms with E-state index in [-0.39, 0.29) is 54.2 Å². The molecule has 1 aromatic rings. The maximum atomic E-state index is 14.0. The molecule has 0 radical (unpaired) electrons. The van der Waals surface area contributed by atoms with Crippen LogP contribution in [0.5, 0.6) is 0 Å². The summed E-state index contributed by atoms with van der Waals surface area (Å²) in [6.07, 6.45) is 6.05. The van der Waals surface area contributed by atoms with Crippen LogP contribution in [0, 0.1) is 11.7 Å². The fourth-order valence-electron chi connectivity index (χ4n) is 3.43. The van der Waals surface area contributed by atoms with Crippen molar-refractivity contribution in [1.29, 1.82) is 0 Å². The van der Waals surface area contributed by atoms with Crippen LogP contribution in [0.4, 0.5) is 4.39 Å². The first-order chi connectivity index (χ1) is 13.0. The second-order valence-corrected chi connectivity index (χ2v) is 8.33. The van der Waals surface area contributed by atoms with Gasteiger partial charge in [0.25, 0.3) is 0 Å². The average molecular weight is 567 g/mol. The molecule has 1 amide bonds. The number of hydrogen-bond donors (Lipinski definition) is 3. The first-order valence-electron chi connectivity index (χ1n) is 9.84. The van der Waals surface area contributed by atoms with Gasteiger partial charge < -0.3 is 16.0 Å². The van der Waals surface area contributed by atoms with E-state index in [1.54, 1.807) is 6.07 Å². The standard InChI is InChI=1S/C20H28BrFN4O.HI/c1-2-23-20(24-12-14-6-7-15(21)11-18(14)22)26-17-5-3-4-13(10-17)19(27)25-16-8-9-16;/h6-7,11,13,16-17H,2-5,8-10,12H2,1H3,(H,25,27)(H2,23,24,26);1H. The Hall–Kier alpha value is -0.900. The Morgan fingerprint density at radius 2 is 2.00 bits per heavy atom. The highest BCUT2D eigenvalue weighted by atomic mass is 127. The first kappa shape index (κ1) is 23.4. The SMILES string of the molecule is CCNC(=NCc1ccc(Br)cc1F)NC1CCCC(C(=O)NC2CC2)C1.I. The third-order valence-electron chi connectivity index (χ3n) is 5.08. The zero-order chi connectivity index (χ0) is 19.2. The molecule has 2 aliphatic rings. The van der Waals surface area contributed by atoms with Crippen LogP contribution in [0.1, 0.15) is 51.0 Å². The van der Waals surface area contributed by atoms with Crippen molar-refractivity contribution in [3.8, 4) is 0 Å². The lowest BCUT2D eigenvalue weighted by Gasteiger charge is -2.30. The quantitative estimate of drug-likeness (QED) is 0.276. The molecule has 2 saturated carbocycles. The lowest BCUT2D eigenvalue weighted by Crippen LogP contribution is -2.47. The highest BCUT2D eigenvalue weighted by Crippen LogP contribution is 2.26. The van der Waals surface area contributed by atoms with Gasteiger partial charge in [-0.25, -0.2) is 9.38 Å². The number of rotatable bonds is 6. The number of nitrogens with one attached hydrogen (secondary N) is 3. The van der Waals surface area contributed by atoms with Gasteiger partial charge in [-0.3, -0.25) is 4.79 Å². The molecule has 8 heteroatoms. The molecule has 2 fully saturated rings. The predicted molar refractivity (Wildman–Crippen MR) is 124 cm³/mol. The number of nitrogens with zero attached hydrogens (tertiary/aromatic N) is 1. The Balaban J connectivity index is 0.00000280. The zero-order valence-electron chi connectivity index (χ0n) is 16.1. The van der Waals surface area contributed by atoms with Crippen molar-refractivity contribution in [3.05, 3.63) is 34.1 Å². The summed E-state index contributed by atoms with van der Waals surface area (Å²) in [4.78, 5) is 16.9. The fraction of sp³-hybridized carbons (Fsp3) is 0.600. The van der Waals surface area contributed by atoms with Gasteiger partial charge in [-0.2, -0.15) is 0 Å². The summed E-state index contributed by atoms with van der Waals surface area (Å²) in [5.74, 6) is 0.679. The van der Waals surface area contributed by atoms with E-state index in [0.717, 1.165) is 49.5 Å². The van der Waals surface area contributed by atoms with Crippen molar-refractivity contribution in [2.45, 2.75) is 64.1 Å². The molecule has 0 bridgehead atoms. The maximum absolute atomic E-state index is 14.0. The molecule has 0 heterocycles. The van der Waals surface area contributed by atoms with Crippen molar-refractivity contribution < 1.29 is 9.18 Å². The Bertz CT molecular complexity index is 699. The molecule has 3 rings (SSSR count). The number of carbonyl (C=O) groups is 1. The van der Waals surface area contributed by atoms with Gasteiger partial charge in [0.05, 0.1) is 6.54 Å². The van der Waals surface area contributed by atoms with Crippen molar-refractivity contribution in [1.82, 2.24) is 16.0 Å². The summed E-state index contributed by atoms with van der Waals surface area (Å²) in [5, 5.41) is 9.78. The molecule has 2 aliphatic carbocycles. The van der Waals surface area contributed by atoms with E-state index in [4.69, 9.17) is 0 Å². The lowest BCUT2D eigenvalue weighted by atomic mass is 9.85. The molecule has 2 atom stereocenters. The van der Waals surface area contributed by atoms with Gasteiger partial charge in [-0.05, 0) is 51.2 Å². The van der Waals surface area contributed by atoms with Gasteiger partial charge in [0, 0.05) is 34.6 Å². The van der Waals surface area contributed by atoms with Gasteiger partial charge in [0.15, 0.2) is 5.96 Å². The minimum absolute atomic E-state index is 0. The van der Waals surface area contributed by atoms with Crippen LogP contribution >= 0.6 is 39.9 Å². The van der Waals surface area contributed by atoms with Crippen molar-refractivity contribution in [2.75, 3.05) is 6.54 Å². The first-order valence-corrected chi connectivity index (χ1v) is 10.6. The van der Waals surface area contributed by atoms with E-state index in [1.807, 2.05) is 13.0 Å². The summed E-state index contributed by atoms with van der Waals surface area (Å²) < 4.78 is 14.7. The fourth-order valence-corrected chi connectivity index (χ4v) is 3.77. The molecule has 3 N–H and O–H groups in total. The monoisotopic (exact) mass is 566 g/mol. The van der Waals surface area contributed by atoms with Gasteiger partial charge in [-0.15, -0.1) is 24.0 Å². The Morgan fingerprint density at radius 1 is 1.21 bits per heavy atom.